The highest BCUT2D eigenvalue weighted by Gasteiger charge is 2.14. The van der Waals surface area contributed by atoms with Crippen LogP contribution in [0.1, 0.15) is 15.2 Å². The zero-order valence-electron chi connectivity index (χ0n) is 9.26. The minimum absolute atomic E-state index is 0.00938. The summed E-state index contributed by atoms with van der Waals surface area (Å²) in [6.45, 7) is 0. The number of benzene rings is 1. The summed E-state index contributed by atoms with van der Waals surface area (Å²) in [7, 11) is 0. The van der Waals surface area contributed by atoms with Crippen molar-refractivity contribution in [3.05, 3.63) is 62.9 Å². The van der Waals surface area contributed by atoms with Crippen LogP contribution in [-0.2, 0) is 0 Å². The highest BCUT2D eigenvalue weighted by Crippen LogP contribution is 2.26. The van der Waals surface area contributed by atoms with Gasteiger partial charge in [-0.25, -0.2) is 0 Å². The molecule has 0 radical (unpaired) electrons. The third-order valence-electron chi connectivity index (χ3n) is 2.68. The van der Waals surface area contributed by atoms with Gasteiger partial charge in [0.1, 0.15) is 0 Å². The fraction of sp³-hybridized carbons (Fsp3) is 0. The number of nitrogens with zero attached hydrogens (tertiary/aromatic N) is 1. The van der Waals surface area contributed by atoms with Crippen LogP contribution < -0.4 is 0 Å². The van der Waals surface area contributed by atoms with E-state index in [4.69, 9.17) is 0 Å². The minimum atomic E-state index is 0.00938. The van der Waals surface area contributed by atoms with Crippen LogP contribution in [0.5, 0.6) is 0 Å². The number of pyridine rings is 1. The molecule has 2 aromatic heterocycles. The van der Waals surface area contributed by atoms with Crippen molar-refractivity contribution in [3.8, 4) is 0 Å². The summed E-state index contributed by atoms with van der Waals surface area (Å²) in [5.74, 6) is 0.00938. The lowest BCUT2D eigenvalue weighted by Gasteiger charge is -2.01. The predicted octanol–water partition coefficient (Wildman–Crippen LogP) is 4.29. The highest BCUT2D eigenvalue weighted by atomic mass is 79.9. The van der Waals surface area contributed by atoms with Crippen LogP contribution in [0.25, 0.3) is 10.9 Å². The Hall–Kier alpha value is -1.52. The molecule has 18 heavy (non-hydrogen) atoms. The van der Waals surface area contributed by atoms with Crippen molar-refractivity contribution in [1.82, 2.24) is 4.98 Å². The van der Waals surface area contributed by atoms with Crippen molar-refractivity contribution in [1.29, 1.82) is 0 Å². The van der Waals surface area contributed by atoms with Crippen LogP contribution in [0, 0.1) is 0 Å². The van der Waals surface area contributed by atoms with Crippen LogP contribution >= 0.6 is 27.3 Å². The van der Waals surface area contributed by atoms with Gasteiger partial charge in [0.05, 0.1) is 10.4 Å². The van der Waals surface area contributed by atoms with E-state index >= 15 is 0 Å². The molecule has 0 amide bonds. The van der Waals surface area contributed by atoms with Crippen molar-refractivity contribution < 1.29 is 4.79 Å². The van der Waals surface area contributed by atoms with E-state index in [9.17, 15) is 4.79 Å². The Morgan fingerprint density at radius 1 is 1.22 bits per heavy atom. The fourth-order valence-corrected chi connectivity index (χ4v) is 3.30. The van der Waals surface area contributed by atoms with Gasteiger partial charge in [-0.1, -0.05) is 18.2 Å². The van der Waals surface area contributed by atoms with E-state index in [1.165, 1.54) is 11.3 Å². The van der Waals surface area contributed by atoms with Crippen molar-refractivity contribution in [2.45, 2.75) is 0 Å². The molecule has 0 saturated heterocycles. The Kier molecular flexibility index (Phi) is 2.97. The van der Waals surface area contributed by atoms with Gasteiger partial charge < -0.3 is 0 Å². The first-order valence-corrected chi connectivity index (χ1v) is 7.05. The lowest BCUT2D eigenvalue weighted by atomic mass is 10.1. The summed E-state index contributed by atoms with van der Waals surface area (Å²) in [5, 5.41) is 2.88. The summed E-state index contributed by atoms with van der Waals surface area (Å²) < 4.78 is 0.839. The number of thiophene rings is 1. The number of carbonyl (C=O) groups excluding carboxylic acids is 1. The number of halogens is 1. The number of aromatic nitrogens is 1. The van der Waals surface area contributed by atoms with Crippen molar-refractivity contribution >= 4 is 44.0 Å². The molecule has 0 aliphatic heterocycles. The molecule has 0 aliphatic carbocycles. The number of hydrogen-bond donors (Lipinski definition) is 0. The summed E-state index contributed by atoms with van der Waals surface area (Å²) >= 11 is 4.82. The maximum absolute atomic E-state index is 12.3. The molecule has 2 nitrogen and oxygen atoms in total. The summed E-state index contributed by atoms with van der Waals surface area (Å²) in [5.41, 5.74) is 1.52. The molecule has 0 fully saturated rings. The molecule has 0 unspecified atom stereocenters. The first-order valence-electron chi connectivity index (χ1n) is 5.38. The van der Waals surface area contributed by atoms with Gasteiger partial charge in [-0.15, -0.1) is 11.3 Å². The van der Waals surface area contributed by atoms with E-state index in [0.29, 0.717) is 10.4 Å². The van der Waals surface area contributed by atoms with Gasteiger partial charge in [0, 0.05) is 21.6 Å². The molecule has 0 bridgehead atoms. The molecule has 2 heterocycles. The Morgan fingerprint density at radius 3 is 2.83 bits per heavy atom. The predicted molar refractivity (Wildman–Crippen MR) is 77.2 cm³/mol. The zero-order valence-corrected chi connectivity index (χ0v) is 11.7. The Balaban J connectivity index is 2.10. The molecular formula is C14H8BrNOS. The summed E-state index contributed by atoms with van der Waals surface area (Å²) in [4.78, 5) is 17.3. The Labute approximate surface area is 116 Å². The van der Waals surface area contributed by atoms with E-state index in [1.807, 2.05) is 41.8 Å². The second kappa shape index (κ2) is 4.63. The average Bonchev–Trinajstić information content (AvgIpc) is 2.83. The Bertz CT molecular complexity index is 735. The van der Waals surface area contributed by atoms with Gasteiger partial charge in [-0.2, -0.15) is 0 Å². The van der Waals surface area contributed by atoms with Crippen LogP contribution in [0.2, 0.25) is 0 Å². The monoisotopic (exact) mass is 317 g/mol. The maximum atomic E-state index is 12.3. The number of ketones is 1. The Morgan fingerprint density at radius 2 is 2.06 bits per heavy atom. The SMILES string of the molecule is O=C(c1cnc2ccccc2c1)c1sccc1Br. The second-order valence-electron chi connectivity index (χ2n) is 3.84. The van der Waals surface area contributed by atoms with Gasteiger partial charge in [0.2, 0.25) is 5.78 Å². The molecule has 0 N–H and O–H groups in total. The lowest BCUT2D eigenvalue weighted by Crippen LogP contribution is -2.00. The van der Waals surface area contributed by atoms with Crippen LogP contribution in [0.3, 0.4) is 0 Å². The molecule has 3 aromatic rings. The van der Waals surface area contributed by atoms with Gasteiger partial charge in [0.15, 0.2) is 0 Å². The van der Waals surface area contributed by atoms with Gasteiger partial charge in [-0.05, 0) is 39.5 Å². The molecule has 0 atom stereocenters. The normalized spacial score (nSPS) is 10.7. The van der Waals surface area contributed by atoms with E-state index < -0.39 is 0 Å². The van der Waals surface area contributed by atoms with Crippen LogP contribution in [0.15, 0.2) is 52.4 Å². The third kappa shape index (κ3) is 1.98. The van der Waals surface area contributed by atoms with E-state index in [0.717, 1.165) is 15.4 Å². The van der Waals surface area contributed by atoms with Crippen LogP contribution in [-0.4, -0.2) is 10.8 Å². The molecule has 0 saturated carbocycles. The van der Waals surface area contributed by atoms with Crippen molar-refractivity contribution in [2.75, 3.05) is 0 Å². The minimum Gasteiger partial charge on any atom is -0.288 e. The van der Waals surface area contributed by atoms with Crippen molar-refractivity contribution in [2.24, 2.45) is 0 Å². The zero-order chi connectivity index (χ0) is 12.5. The maximum Gasteiger partial charge on any atom is 0.205 e. The average molecular weight is 318 g/mol. The van der Waals surface area contributed by atoms with Gasteiger partial charge in [-0.3, -0.25) is 9.78 Å². The number of carbonyl (C=O) groups is 1. The summed E-state index contributed by atoms with van der Waals surface area (Å²) in [6, 6.07) is 11.5. The topological polar surface area (TPSA) is 30.0 Å². The van der Waals surface area contributed by atoms with E-state index in [2.05, 4.69) is 20.9 Å². The second-order valence-corrected chi connectivity index (χ2v) is 5.61. The fourth-order valence-electron chi connectivity index (χ4n) is 1.78. The standard InChI is InChI=1S/C14H8BrNOS/c15-11-5-6-18-14(11)13(17)10-7-9-3-1-2-4-12(9)16-8-10/h1-8H. The number of fused-ring (bicyclic) bond motifs is 1. The number of hydrogen-bond acceptors (Lipinski definition) is 3. The smallest absolute Gasteiger partial charge is 0.205 e. The molecular weight excluding hydrogens is 310 g/mol. The van der Waals surface area contributed by atoms with E-state index in [-0.39, 0.29) is 5.78 Å². The first kappa shape index (κ1) is 11.6. The largest absolute Gasteiger partial charge is 0.288 e. The molecule has 1 aromatic carbocycles. The van der Waals surface area contributed by atoms with E-state index in [1.54, 1.807) is 6.20 Å². The first-order chi connectivity index (χ1) is 8.75. The molecule has 4 heteroatoms. The third-order valence-corrected chi connectivity index (χ3v) is 4.51. The molecule has 0 aliphatic rings. The molecule has 3 rings (SSSR count). The number of para-hydroxylation sites is 1. The summed E-state index contributed by atoms with van der Waals surface area (Å²) in [6.07, 6.45) is 1.64. The van der Waals surface area contributed by atoms with Crippen LogP contribution in [0.4, 0.5) is 0 Å². The van der Waals surface area contributed by atoms with Crippen molar-refractivity contribution in [3.63, 3.8) is 0 Å². The van der Waals surface area contributed by atoms with Gasteiger partial charge in [0.25, 0.3) is 0 Å². The van der Waals surface area contributed by atoms with Gasteiger partial charge >= 0.3 is 0 Å². The molecule has 0 spiro atoms. The quantitative estimate of drug-likeness (QED) is 0.660. The molecule has 88 valence electrons. The number of rotatable bonds is 2. The highest BCUT2D eigenvalue weighted by molar-refractivity contribution is 9.10. The lowest BCUT2D eigenvalue weighted by molar-refractivity contribution is 0.104.